The number of hydrogen-bond donors (Lipinski definition) is 3. The minimum absolute atomic E-state index is 0.0648. The van der Waals surface area contributed by atoms with Gasteiger partial charge >= 0.3 is 0 Å². The molecule has 2 aromatic carbocycles. The Morgan fingerprint density at radius 2 is 1.42 bits per heavy atom. The van der Waals surface area contributed by atoms with Gasteiger partial charge in [-0.15, -0.1) is 34.3 Å². The zero-order chi connectivity index (χ0) is 31.9. The zero-order valence-electron chi connectivity index (χ0n) is 25.7. The highest BCUT2D eigenvalue weighted by molar-refractivity contribution is 7.17. The molecule has 2 fully saturated rings. The van der Waals surface area contributed by atoms with Crippen molar-refractivity contribution in [2.75, 3.05) is 65.0 Å². The number of likely N-dealkylation sites (tertiary alicyclic amines) is 1. The smallest absolute Gasteiger partial charge is 0.127 e. The monoisotopic (exact) mass is 682 g/mol. The number of aliphatic hydroxyl groups excluding tert-OH is 2. The van der Waals surface area contributed by atoms with E-state index in [9.17, 15) is 13.9 Å². The normalized spacial score (nSPS) is 18.2. The van der Waals surface area contributed by atoms with Gasteiger partial charge in [-0.1, -0.05) is 0 Å². The summed E-state index contributed by atoms with van der Waals surface area (Å²) < 4.78 is 40.6. The fourth-order valence-electron chi connectivity index (χ4n) is 5.22. The number of ether oxygens (including phenoxy) is 2. The van der Waals surface area contributed by atoms with E-state index in [0.29, 0.717) is 45.1 Å². The molecule has 2 aliphatic rings. The second kappa shape index (κ2) is 19.8. The van der Waals surface area contributed by atoms with Crippen LogP contribution in [0.15, 0.2) is 47.2 Å². The van der Waals surface area contributed by atoms with Crippen LogP contribution in [-0.2, 0) is 22.3 Å². The molecule has 45 heavy (non-hydrogen) atoms. The van der Waals surface area contributed by atoms with Crippen molar-refractivity contribution in [1.29, 1.82) is 0 Å². The number of hydrogen-bond acceptors (Lipinski definition) is 8. The number of thiophene rings is 2. The van der Waals surface area contributed by atoms with E-state index < -0.39 is 0 Å². The van der Waals surface area contributed by atoms with Crippen LogP contribution in [0.25, 0.3) is 20.2 Å². The van der Waals surface area contributed by atoms with Crippen molar-refractivity contribution in [3.05, 3.63) is 69.9 Å². The van der Waals surface area contributed by atoms with Crippen LogP contribution < -0.4 is 5.32 Å². The first-order chi connectivity index (χ1) is 21.9. The average Bonchev–Trinajstić information content (AvgIpc) is 3.85. The molecular weight excluding hydrogens is 638 g/mol. The number of rotatable bonds is 13. The molecule has 11 heteroatoms. The SMILES string of the molecule is Fc1cc2sccc2cc1CCOCCCCl.OC1CCN(CCCOCCc2cc3ccsc3cc2F)C1.OC1CCNC1. The maximum atomic E-state index is 13.9. The predicted octanol–water partition coefficient (Wildman–Crippen LogP) is 6.63. The number of nitrogens with zero attached hydrogens (tertiary/aromatic N) is 1. The van der Waals surface area contributed by atoms with E-state index in [2.05, 4.69) is 10.2 Å². The molecule has 2 aliphatic heterocycles. The van der Waals surface area contributed by atoms with Gasteiger partial charge in [-0.25, -0.2) is 8.78 Å². The van der Waals surface area contributed by atoms with Gasteiger partial charge in [-0.3, -0.25) is 0 Å². The highest BCUT2D eigenvalue weighted by Crippen LogP contribution is 2.25. The molecule has 0 amide bonds. The Balaban J connectivity index is 0.000000177. The van der Waals surface area contributed by atoms with Crippen LogP contribution >= 0.6 is 34.3 Å². The lowest BCUT2D eigenvalue weighted by atomic mass is 10.1. The molecule has 248 valence electrons. The molecule has 0 spiro atoms. The molecule has 2 aromatic heterocycles. The van der Waals surface area contributed by atoms with Gasteiger partial charge in [-0.05, 0) is 114 Å². The Kier molecular flexibility index (Phi) is 15.9. The molecule has 4 heterocycles. The molecular formula is C34H45ClF2N2O4S2. The van der Waals surface area contributed by atoms with E-state index in [1.807, 2.05) is 35.0 Å². The van der Waals surface area contributed by atoms with Gasteiger partial charge in [0.25, 0.3) is 0 Å². The largest absolute Gasteiger partial charge is 0.392 e. The van der Waals surface area contributed by atoms with Crippen molar-refractivity contribution in [1.82, 2.24) is 10.2 Å². The summed E-state index contributed by atoms with van der Waals surface area (Å²) in [5.74, 6) is 0.334. The van der Waals surface area contributed by atoms with Crippen LogP contribution in [0.3, 0.4) is 0 Å². The van der Waals surface area contributed by atoms with Crippen LogP contribution in [0.5, 0.6) is 0 Å². The summed E-state index contributed by atoms with van der Waals surface area (Å²) in [5, 5.41) is 27.3. The van der Waals surface area contributed by atoms with Crippen molar-refractivity contribution in [3.8, 4) is 0 Å². The van der Waals surface area contributed by atoms with Gasteiger partial charge in [0.1, 0.15) is 11.6 Å². The summed E-state index contributed by atoms with van der Waals surface area (Å²) >= 11 is 8.66. The third-order valence-corrected chi connectivity index (χ3v) is 9.77. The zero-order valence-corrected chi connectivity index (χ0v) is 28.1. The molecule has 6 nitrogen and oxygen atoms in total. The molecule has 2 unspecified atom stereocenters. The van der Waals surface area contributed by atoms with E-state index in [1.165, 1.54) is 0 Å². The first-order valence-corrected chi connectivity index (χ1v) is 18.0. The van der Waals surface area contributed by atoms with Gasteiger partial charge in [-0.2, -0.15) is 0 Å². The van der Waals surface area contributed by atoms with Gasteiger partial charge in [0.2, 0.25) is 0 Å². The number of aliphatic hydroxyl groups is 2. The third kappa shape index (κ3) is 12.4. The average molecular weight is 683 g/mol. The fourth-order valence-corrected chi connectivity index (χ4v) is 6.92. The molecule has 2 atom stereocenters. The first-order valence-electron chi connectivity index (χ1n) is 15.7. The molecule has 0 saturated carbocycles. The Labute approximate surface area is 277 Å². The summed E-state index contributed by atoms with van der Waals surface area (Å²) in [6, 6.07) is 11.1. The minimum Gasteiger partial charge on any atom is -0.392 e. The van der Waals surface area contributed by atoms with Crippen molar-refractivity contribution < 1.29 is 28.5 Å². The summed E-state index contributed by atoms with van der Waals surface area (Å²) in [6.07, 6.45) is 4.61. The maximum absolute atomic E-state index is 13.9. The maximum Gasteiger partial charge on any atom is 0.127 e. The highest BCUT2D eigenvalue weighted by atomic mass is 35.5. The Morgan fingerprint density at radius 1 is 0.822 bits per heavy atom. The van der Waals surface area contributed by atoms with Gasteiger partial charge in [0.05, 0.1) is 25.4 Å². The van der Waals surface area contributed by atoms with Gasteiger partial charge in [0.15, 0.2) is 0 Å². The first kappa shape index (κ1) is 36.1. The summed E-state index contributed by atoms with van der Waals surface area (Å²) in [5.41, 5.74) is 1.45. The lowest BCUT2D eigenvalue weighted by Crippen LogP contribution is -2.24. The molecule has 4 aromatic rings. The Bertz CT molecular complexity index is 1420. The number of halogens is 3. The van der Waals surface area contributed by atoms with Crippen LogP contribution in [0.1, 0.15) is 36.8 Å². The quantitative estimate of drug-likeness (QED) is 0.109. The standard InChI is InChI=1S/C17H22FNO2S.C13H14ClFOS.C4H9NO/c18-16-11-17-14(4-9-22-17)10-13(16)3-8-21-7-1-5-19-6-2-15(20)12-19;14-4-1-5-16-6-2-10-8-11-3-7-17-13(11)9-12(10)15;6-4-1-2-5-3-4/h4,9-11,15,20H,1-3,5-8,12H2;3,7-9H,1-2,4-6H2;4-6H,1-3H2. The number of nitrogens with one attached hydrogen (secondary N) is 1. The predicted molar refractivity (Wildman–Crippen MR) is 183 cm³/mol. The summed E-state index contributed by atoms with van der Waals surface area (Å²) in [6.45, 7) is 6.94. The van der Waals surface area contributed by atoms with Crippen LogP contribution in [0.4, 0.5) is 8.78 Å². The van der Waals surface area contributed by atoms with Crippen molar-refractivity contribution >= 4 is 54.4 Å². The van der Waals surface area contributed by atoms with Crippen LogP contribution in [0.2, 0.25) is 0 Å². The van der Waals surface area contributed by atoms with E-state index in [4.69, 9.17) is 26.2 Å². The van der Waals surface area contributed by atoms with Crippen LogP contribution in [-0.4, -0.2) is 92.4 Å². The number of benzene rings is 2. The molecule has 0 aliphatic carbocycles. The fraction of sp³-hybridized carbons (Fsp3) is 0.529. The Morgan fingerprint density at radius 3 is 1.89 bits per heavy atom. The van der Waals surface area contributed by atoms with Crippen molar-refractivity contribution in [2.45, 2.75) is 50.7 Å². The number of alkyl halides is 1. The summed E-state index contributed by atoms with van der Waals surface area (Å²) in [7, 11) is 0. The van der Waals surface area contributed by atoms with Crippen molar-refractivity contribution in [2.24, 2.45) is 0 Å². The number of fused-ring (bicyclic) bond motifs is 2. The van der Waals surface area contributed by atoms with Gasteiger partial charge in [0, 0.05) is 54.7 Å². The topological polar surface area (TPSA) is 74.2 Å². The van der Waals surface area contributed by atoms with Gasteiger partial charge < -0.3 is 29.9 Å². The molecule has 0 radical (unpaired) electrons. The molecule has 2 saturated heterocycles. The lowest BCUT2D eigenvalue weighted by Gasteiger charge is -2.14. The lowest BCUT2D eigenvalue weighted by molar-refractivity contribution is 0.122. The van der Waals surface area contributed by atoms with E-state index in [0.717, 1.165) is 89.7 Å². The third-order valence-electron chi connectivity index (χ3n) is 7.74. The second-order valence-electron chi connectivity index (χ2n) is 11.3. The Hall–Kier alpha value is -1.73. The highest BCUT2D eigenvalue weighted by Gasteiger charge is 2.19. The molecule has 6 rings (SSSR count). The van der Waals surface area contributed by atoms with E-state index in [1.54, 1.807) is 34.8 Å². The van der Waals surface area contributed by atoms with E-state index in [-0.39, 0.29) is 23.8 Å². The molecule has 0 bridgehead atoms. The van der Waals surface area contributed by atoms with Crippen LogP contribution in [0, 0.1) is 11.6 Å². The second-order valence-corrected chi connectivity index (χ2v) is 13.6. The molecule has 3 N–H and O–H groups in total. The number of β-amino-alcohol motifs (C(OH)–C–C–N with tert-alkyl or cyclic N) is 2. The van der Waals surface area contributed by atoms with Crippen molar-refractivity contribution in [3.63, 3.8) is 0 Å². The minimum atomic E-state index is -0.157. The summed E-state index contributed by atoms with van der Waals surface area (Å²) in [4.78, 5) is 2.26. The van der Waals surface area contributed by atoms with E-state index >= 15 is 0 Å².